The summed E-state index contributed by atoms with van der Waals surface area (Å²) in [5, 5.41) is 15.0. The maximum atomic E-state index is 11.6. The number of hydrogen-bond acceptors (Lipinski definition) is 4. The second-order valence-corrected chi connectivity index (χ2v) is 5.97. The number of thiazole rings is 1. The number of allylic oxidation sites excluding steroid dienone is 9. The first kappa shape index (κ1) is 27.5. The predicted molar refractivity (Wildman–Crippen MR) is 123 cm³/mol. The Labute approximate surface area is 172 Å². The van der Waals surface area contributed by atoms with Gasteiger partial charge in [0.25, 0.3) is 0 Å². The van der Waals surface area contributed by atoms with Gasteiger partial charge in [-0.2, -0.15) is 0 Å². The van der Waals surface area contributed by atoms with Gasteiger partial charge >= 0.3 is 5.97 Å². The molecule has 1 heterocycles. The van der Waals surface area contributed by atoms with Crippen molar-refractivity contribution in [2.45, 2.75) is 40.2 Å². The van der Waals surface area contributed by atoms with E-state index in [2.05, 4.69) is 23.5 Å². The lowest BCUT2D eigenvalue weighted by atomic mass is 10.1. The van der Waals surface area contributed by atoms with Crippen LogP contribution in [0.4, 0.5) is 5.13 Å². The first-order chi connectivity index (χ1) is 13.0. The average molecular weight is 405 g/mol. The summed E-state index contributed by atoms with van der Waals surface area (Å²) >= 11 is 1.38. The lowest BCUT2D eigenvalue weighted by Crippen LogP contribution is -2.29. The summed E-state index contributed by atoms with van der Waals surface area (Å²) in [7, 11) is 0. The number of carboxylic acid groups (broad SMARTS) is 1. The lowest BCUT2D eigenvalue weighted by molar-refractivity contribution is -0.137. The zero-order valence-corrected chi connectivity index (χ0v) is 17.9. The van der Waals surface area contributed by atoms with Gasteiger partial charge in [-0.1, -0.05) is 75.6 Å². The highest BCUT2D eigenvalue weighted by molar-refractivity contribution is 7.13. The van der Waals surface area contributed by atoms with Crippen molar-refractivity contribution in [2.24, 2.45) is 0 Å². The van der Waals surface area contributed by atoms with Crippen LogP contribution in [0.3, 0.4) is 0 Å². The van der Waals surface area contributed by atoms with Crippen LogP contribution in [-0.4, -0.2) is 27.6 Å². The fourth-order valence-corrected chi connectivity index (χ4v) is 2.92. The summed E-state index contributed by atoms with van der Waals surface area (Å²) < 4.78 is 0. The Morgan fingerprint density at radius 1 is 1.21 bits per heavy atom. The molecule has 0 saturated carbocycles. The van der Waals surface area contributed by atoms with E-state index in [4.69, 9.17) is 0 Å². The molecule has 0 aliphatic heterocycles. The highest BCUT2D eigenvalue weighted by Crippen LogP contribution is 2.24. The van der Waals surface area contributed by atoms with Gasteiger partial charge in [-0.15, -0.1) is 11.3 Å². The maximum absolute atomic E-state index is 11.6. The quantitative estimate of drug-likeness (QED) is 0.508. The highest BCUT2D eigenvalue weighted by atomic mass is 32.1. The normalized spacial score (nSPS) is 12.7. The molecule has 1 atom stereocenters. The minimum Gasteiger partial charge on any atom is -0.480 e. The molecule has 6 heteroatoms. The highest BCUT2D eigenvalue weighted by Gasteiger charge is 2.19. The Morgan fingerprint density at radius 2 is 1.82 bits per heavy atom. The molecule has 0 radical (unpaired) electrons. The van der Waals surface area contributed by atoms with Crippen molar-refractivity contribution in [3.63, 3.8) is 0 Å². The topological polar surface area (TPSA) is 93.7 Å². The first-order valence-electron chi connectivity index (χ1n) is 8.90. The van der Waals surface area contributed by atoms with Crippen LogP contribution in [-0.2, 0) is 4.79 Å². The average Bonchev–Trinajstić information content (AvgIpc) is 3.11. The molecule has 4 N–H and O–H groups in total. The lowest BCUT2D eigenvalue weighted by Gasteiger charge is -2.14. The van der Waals surface area contributed by atoms with Crippen LogP contribution in [0.1, 0.15) is 39.8 Å². The van der Waals surface area contributed by atoms with Gasteiger partial charge in [-0.05, 0) is 19.4 Å². The molecular formula is C22H32N2O3S. The monoisotopic (exact) mass is 404 g/mol. The SMILES string of the molecule is C=C/C=C(\C=C/C)CC(Nc1nc(C(/C=C\C)=C/C=C)cs1)C(=O)O.CC.O. The number of carboxylic acids is 1. The third-order valence-corrected chi connectivity index (χ3v) is 3.97. The molecule has 1 aromatic rings. The number of carbonyl (C=O) groups is 1. The number of hydrogen-bond donors (Lipinski definition) is 2. The van der Waals surface area contributed by atoms with Gasteiger partial charge in [0, 0.05) is 17.4 Å². The predicted octanol–water partition coefficient (Wildman–Crippen LogP) is 5.43. The molecule has 154 valence electrons. The summed E-state index contributed by atoms with van der Waals surface area (Å²) in [6, 6.07) is -0.769. The van der Waals surface area contributed by atoms with Crippen LogP contribution in [0.5, 0.6) is 0 Å². The second-order valence-electron chi connectivity index (χ2n) is 5.11. The molecule has 1 unspecified atom stereocenters. The summed E-state index contributed by atoms with van der Waals surface area (Å²) in [5.74, 6) is -0.925. The van der Waals surface area contributed by atoms with E-state index < -0.39 is 12.0 Å². The summed E-state index contributed by atoms with van der Waals surface area (Å²) in [6.45, 7) is 15.2. The molecule has 5 nitrogen and oxygen atoms in total. The Morgan fingerprint density at radius 3 is 2.32 bits per heavy atom. The molecule has 28 heavy (non-hydrogen) atoms. The number of aromatic nitrogens is 1. The van der Waals surface area contributed by atoms with Crippen LogP contribution in [0.25, 0.3) is 5.57 Å². The third-order valence-electron chi connectivity index (χ3n) is 3.19. The van der Waals surface area contributed by atoms with Crippen molar-refractivity contribution < 1.29 is 15.4 Å². The van der Waals surface area contributed by atoms with Gasteiger partial charge in [0.1, 0.15) is 6.04 Å². The zero-order chi connectivity index (χ0) is 20.7. The summed E-state index contributed by atoms with van der Waals surface area (Å²) in [6.07, 6.45) is 15.0. The molecular weight excluding hydrogens is 372 g/mol. The molecule has 0 fully saturated rings. The molecule has 1 rings (SSSR count). The van der Waals surface area contributed by atoms with Gasteiger partial charge in [-0.3, -0.25) is 0 Å². The van der Waals surface area contributed by atoms with Crippen LogP contribution in [0.15, 0.2) is 72.7 Å². The Hall–Kier alpha value is -2.70. The number of nitrogens with zero attached hydrogens (tertiary/aromatic N) is 1. The number of rotatable bonds is 10. The molecule has 0 amide bonds. The van der Waals surface area contributed by atoms with Crippen molar-refractivity contribution in [2.75, 3.05) is 5.32 Å². The molecule has 0 aliphatic carbocycles. The van der Waals surface area contributed by atoms with E-state index in [0.717, 1.165) is 16.8 Å². The van der Waals surface area contributed by atoms with Crippen LogP contribution >= 0.6 is 11.3 Å². The smallest absolute Gasteiger partial charge is 0.326 e. The number of nitrogens with one attached hydrogen (secondary N) is 1. The molecule has 0 saturated heterocycles. The van der Waals surface area contributed by atoms with E-state index >= 15 is 0 Å². The van der Waals surface area contributed by atoms with Crippen LogP contribution in [0.2, 0.25) is 0 Å². The van der Waals surface area contributed by atoms with Crippen molar-refractivity contribution >= 4 is 28.0 Å². The third kappa shape index (κ3) is 9.85. The Kier molecular flexibility index (Phi) is 16.2. The summed E-state index contributed by atoms with van der Waals surface area (Å²) in [5.41, 5.74) is 2.59. The minimum absolute atomic E-state index is 0. The molecule has 1 aromatic heterocycles. The molecule has 0 aliphatic rings. The van der Waals surface area contributed by atoms with Crippen molar-refractivity contribution in [3.05, 3.63) is 78.4 Å². The molecule has 0 bridgehead atoms. The van der Waals surface area contributed by atoms with Gasteiger partial charge in [0.15, 0.2) is 5.13 Å². The van der Waals surface area contributed by atoms with E-state index in [1.807, 2.05) is 69.5 Å². The fraction of sp³-hybridized carbons (Fsp3) is 0.273. The van der Waals surface area contributed by atoms with E-state index in [-0.39, 0.29) is 5.48 Å². The van der Waals surface area contributed by atoms with E-state index in [0.29, 0.717) is 11.6 Å². The first-order valence-corrected chi connectivity index (χ1v) is 9.78. The van der Waals surface area contributed by atoms with Gasteiger partial charge < -0.3 is 15.9 Å². The van der Waals surface area contributed by atoms with E-state index in [9.17, 15) is 9.90 Å². The zero-order valence-electron chi connectivity index (χ0n) is 17.1. The van der Waals surface area contributed by atoms with Gasteiger partial charge in [0.2, 0.25) is 0 Å². The largest absolute Gasteiger partial charge is 0.480 e. The molecule has 0 spiro atoms. The number of aliphatic carboxylic acids is 1. The summed E-state index contributed by atoms with van der Waals surface area (Å²) in [4.78, 5) is 16.1. The van der Waals surface area contributed by atoms with E-state index in [1.54, 1.807) is 12.2 Å². The standard InChI is InChI=1S/C20H24N2O2S.C2H6.H2O/c1-5-9-15(10-6-2)13-17(19(23)24)21-20-22-18(14-25-20)16(11-7-3)12-8-4;1-2;/h5-12,14,17H,1,3,13H2,2,4H3,(H,21,22)(H,23,24);1-2H3;1H2/b10-6-,12-8-,15-9+,16-11+;;. The molecule has 0 aromatic carbocycles. The Balaban J connectivity index is 0. The van der Waals surface area contributed by atoms with Crippen LogP contribution in [0, 0.1) is 0 Å². The van der Waals surface area contributed by atoms with Crippen molar-refractivity contribution in [1.82, 2.24) is 4.98 Å². The minimum atomic E-state index is -0.925. The maximum Gasteiger partial charge on any atom is 0.326 e. The van der Waals surface area contributed by atoms with Gasteiger partial charge in [-0.25, -0.2) is 9.78 Å². The van der Waals surface area contributed by atoms with Gasteiger partial charge in [0.05, 0.1) is 5.69 Å². The fourth-order valence-electron chi connectivity index (χ4n) is 2.15. The second kappa shape index (κ2) is 16.5. The van der Waals surface area contributed by atoms with Crippen molar-refractivity contribution in [1.29, 1.82) is 0 Å². The van der Waals surface area contributed by atoms with E-state index in [1.165, 1.54) is 11.3 Å². The Bertz CT molecular complexity index is 728. The number of anilines is 1. The van der Waals surface area contributed by atoms with Crippen molar-refractivity contribution in [3.8, 4) is 0 Å². The van der Waals surface area contributed by atoms with Crippen LogP contribution < -0.4 is 5.32 Å².